The van der Waals surface area contributed by atoms with Crippen molar-refractivity contribution in [3.8, 4) is 0 Å². The lowest BCUT2D eigenvalue weighted by atomic mass is 10.1. The minimum Gasteiger partial charge on any atom is -0.340 e. The van der Waals surface area contributed by atoms with Gasteiger partial charge in [-0.15, -0.1) is 0 Å². The highest BCUT2D eigenvalue weighted by Gasteiger charge is 2.29. The lowest BCUT2D eigenvalue weighted by Gasteiger charge is -2.17. The minimum absolute atomic E-state index is 0.0982. The molecule has 0 unspecified atom stereocenters. The average molecular weight is 326 g/mol. The van der Waals surface area contributed by atoms with Gasteiger partial charge >= 0.3 is 6.03 Å². The summed E-state index contributed by atoms with van der Waals surface area (Å²) in [5.74, 6) is -0.481. The molecule has 3 rings (SSSR count). The number of rotatable bonds is 5. The zero-order valence-corrected chi connectivity index (χ0v) is 13.3. The molecule has 1 aromatic carbocycles. The first-order valence-electron chi connectivity index (χ1n) is 7.73. The van der Waals surface area contributed by atoms with Gasteiger partial charge in [0.05, 0.1) is 17.8 Å². The van der Waals surface area contributed by atoms with Gasteiger partial charge < -0.3 is 10.2 Å². The molecule has 0 aliphatic carbocycles. The summed E-state index contributed by atoms with van der Waals surface area (Å²) in [6.07, 6.45) is 0.467. The molecule has 1 aliphatic heterocycles. The van der Waals surface area contributed by atoms with Crippen molar-refractivity contribution in [2.24, 2.45) is 0 Å². The van der Waals surface area contributed by atoms with E-state index in [2.05, 4.69) is 15.6 Å². The molecule has 124 valence electrons. The number of aromatic nitrogens is 1. The highest BCUT2D eigenvalue weighted by Crippen LogP contribution is 2.13. The van der Waals surface area contributed by atoms with Crippen LogP contribution in [0.25, 0.3) is 10.9 Å². The van der Waals surface area contributed by atoms with Crippen molar-refractivity contribution in [3.63, 3.8) is 0 Å². The van der Waals surface area contributed by atoms with Crippen LogP contribution < -0.4 is 10.6 Å². The van der Waals surface area contributed by atoms with Crippen molar-refractivity contribution in [1.82, 2.24) is 20.5 Å². The van der Waals surface area contributed by atoms with Gasteiger partial charge in [0.2, 0.25) is 5.91 Å². The van der Waals surface area contributed by atoms with Gasteiger partial charge in [-0.1, -0.05) is 24.3 Å². The number of nitrogens with zero attached hydrogens (tertiary/aromatic N) is 2. The van der Waals surface area contributed by atoms with E-state index in [1.807, 2.05) is 36.4 Å². The van der Waals surface area contributed by atoms with Crippen LogP contribution in [0.2, 0.25) is 0 Å². The van der Waals surface area contributed by atoms with Crippen LogP contribution in [0.1, 0.15) is 18.5 Å². The Balaban J connectivity index is 1.57. The maximum atomic E-state index is 12.2. The summed E-state index contributed by atoms with van der Waals surface area (Å²) in [7, 11) is 1.70. The Hall–Kier alpha value is -2.96. The predicted octanol–water partition coefficient (Wildman–Crippen LogP) is 1.18. The number of nitrogens with one attached hydrogen (secondary N) is 2. The van der Waals surface area contributed by atoms with E-state index >= 15 is 0 Å². The van der Waals surface area contributed by atoms with Gasteiger partial charge in [-0.3, -0.25) is 19.9 Å². The number of amides is 4. The van der Waals surface area contributed by atoms with Gasteiger partial charge in [-0.05, 0) is 18.6 Å². The van der Waals surface area contributed by atoms with Gasteiger partial charge in [0.1, 0.15) is 6.04 Å². The van der Waals surface area contributed by atoms with Crippen LogP contribution in [-0.2, 0) is 16.1 Å². The smallest absolute Gasteiger partial charge is 0.322 e. The number of para-hydroxylation sites is 1. The van der Waals surface area contributed by atoms with Crippen LogP contribution >= 0.6 is 0 Å². The molecule has 1 aromatic heterocycles. The van der Waals surface area contributed by atoms with Gasteiger partial charge in [0, 0.05) is 18.9 Å². The highest BCUT2D eigenvalue weighted by molar-refractivity contribution is 6.04. The first-order valence-corrected chi connectivity index (χ1v) is 7.73. The molecule has 2 N–H and O–H groups in total. The van der Waals surface area contributed by atoms with E-state index in [-0.39, 0.29) is 24.7 Å². The number of pyridine rings is 1. The van der Waals surface area contributed by atoms with Gasteiger partial charge in [-0.25, -0.2) is 4.79 Å². The minimum atomic E-state index is -0.631. The fourth-order valence-corrected chi connectivity index (χ4v) is 2.65. The number of carbonyl (C=O) groups is 3. The molecule has 1 saturated heterocycles. The number of benzene rings is 1. The summed E-state index contributed by atoms with van der Waals surface area (Å²) in [6.45, 7) is 0.396. The Kier molecular flexibility index (Phi) is 4.41. The van der Waals surface area contributed by atoms with Gasteiger partial charge in [-0.2, -0.15) is 0 Å². The quantitative estimate of drug-likeness (QED) is 0.807. The molecular formula is C17H18N4O3. The zero-order valence-electron chi connectivity index (χ0n) is 13.3. The molecular weight excluding hydrogens is 308 g/mol. The molecule has 1 aliphatic rings. The van der Waals surface area contributed by atoms with Crippen molar-refractivity contribution in [1.29, 1.82) is 0 Å². The molecule has 7 nitrogen and oxygen atoms in total. The summed E-state index contributed by atoms with van der Waals surface area (Å²) >= 11 is 0. The third-order valence-corrected chi connectivity index (χ3v) is 3.99. The average Bonchev–Trinajstić information content (AvgIpc) is 2.90. The second-order valence-corrected chi connectivity index (χ2v) is 5.80. The molecule has 1 atom stereocenters. The molecule has 0 spiro atoms. The van der Waals surface area contributed by atoms with Crippen LogP contribution in [0, 0.1) is 0 Å². The van der Waals surface area contributed by atoms with Crippen molar-refractivity contribution in [3.05, 3.63) is 42.1 Å². The first-order chi connectivity index (χ1) is 11.5. The van der Waals surface area contributed by atoms with E-state index in [1.54, 1.807) is 11.9 Å². The van der Waals surface area contributed by atoms with Gasteiger partial charge in [0.15, 0.2) is 0 Å². The Bertz CT molecular complexity index is 805. The summed E-state index contributed by atoms with van der Waals surface area (Å²) in [5.41, 5.74) is 1.69. The second-order valence-electron chi connectivity index (χ2n) is 5.80. The van der Waals surface area contributed by atoms with Gasteiger partial charge in [0.25, 0.3) is 5.91 Å². The largest absolute Gasteiger partial charge is 0.340 e. The molecule has 4 amide bonds. The monoisotopic (exact) mass is 326 g/mol. The third kappa shape index (κ3) is 3.51. The van der Waals surface area contributed by atoms with Crippen molar-refractivity contribution in [2.45, 2.75) is 25.4 Å². The summed E-state index contributed by atoms with van der Waals surface area (Å²) < 4.78 is 0. The van der Waals surface area contributed by atoms with Crippen LogP contribution in [-0.4, -0.2) is 40.8 Å². The van der Waals surface area contributed by atoms with Crippen molar-refractivity contribution in [2.75, 3.05) is 7.05 Å². The van der Waals surface area contributed by atoms with E-state index in [0.29, 0.717) is 6.54 Å². The molecule has 7 heteroatoms. The number of fused-ring (bicyclic) bond motifs is 1. The topological polar surface area (TPSA) is 91.4 Å². The predicted molar refractivity (Wildman–Crippen MR) is 87.9 cm³/mol. The maximum absolute atomic E-state index is 12.2. The number of urea groups is 1. The molecule has 0 bridgehead atoms. The van der Waals surface area contributed by atoms with Crippen molar-refractivity contribution >= 4 is 28.7 Å². The molecule has 0 radical (unpaired) electrons. The standard InChI is InChI=1S/C17H18N4O3/c1-21(15(22)9-8-14-16(23)20-17(24)19-14)10-12-7-6-11-4-2-3-5-13(11)18-12/h2-7,14H,8-10H2,1H3,(H2,19,20,23,24)/t14-/m0/s1. The van der Waals surface area contributed by atoms with Crippen LogP contribution in [0.5, 0.6) is 0 Å². The Morgan fingerprint density at radius 1 is 1.21 bits per heavy atom. The summed E-state index contributed by atoms with van der Waals surface area (Å²) in [5, 5.41) is 5.69. The lowest BCUT2D eigenvalue weighted by Crippen LogP contribution is -2.32. The fourth-order valence-electron chi connectivity index (χ4n) is 2.65. The second kappa shape index (κ2) is 6.66. The van der Waals surface area contributed by atoms with Crippen LogP contribution in [0.4, 0.5) is 4.79 Å². The number of hydrogen-bond acceptors (Lipinski definition) is 4. The van der Waals surface area contributed by atoms with E-state index in [0.717, 1.165) is 16.6 Å². The lowest BCUT2D eigenvalue weighted by molar-refractivity contribution is -0.130. The third-order valence-electron chi connectivity index (χ3n) is 3.99. The molecule has 0 saturated carbocycles. The molecule has 2 heterocycles. The van der Waals surface area contributed by atoms with E-state index in [9.17, 15) is 14.4 Å². The molecule has 24 heavy (non-hydrogen) atoms. The Labute approximate surface area is 139 Å². The van der Waals surface area contributed by atoms with Crippen LogP contribution in [0.3, 0.4) is 0 Å². The normalized spacial score (nSPS) is 16.8. The SMILES string of the molecule is CN(Cc1ccc2ccccc2n1)C(=O)CC[C@@H]1NC(=O)NC1=O. The first kappa shape index (κ1) is 15.9. The number of imide groups is 1. The van der Waals surface area contributed by atoms with E-state index in [4.69, 9.17) is 0 Å². The summed E-state index contributed by atoms with van der Waals surface area (Å²) in [6, 6.07) is 10.5. The maximum Gasteiger partial charge on any atom is 0.322 e. The van der Waals surface area contributed by atoms with E-state index in [1.165, 1.54) is 0 Å². The Morgan fingerprint density at radius 2 is 2.00 bits per heavy atom. The van der Waals surface area contributed by atoms with E-state index < -0.39 is 12.1 Å². The fraction of sp³-hybridized carbons (Fsp3) is 0.294. The Morgan fingerprint density at radius 3 is 2.75 bits per heavy atom. The zero-order chi connectivity index (χ0) is 17.1. The highest BCUT2D eigenvalue weighted by atomic mass is 16.2. The number of carbonyl (C=O) groups excluding carboxylic acids is 3. The van der Waals surface area contributed by atoms with Crippen molar-refractivity contribution < 1.29 is 14.4 Å². The molecule has 2 aromatic rings. The van der Waals surface area contributed by atoms with Crippen LogP contribution in [0.15, 0.2) is 36.4 Å². The molecule has 1 fully saturated rings. The number of hydrogen-bond donors (Lipinski definition) is 2. The summed E-state index contributed by atoms with van der Waals surface area (Å²) in [4.78, 5) is 40.8.